The van der Waals surface area contributed by atoms with Crippen LogP contribution in [0.5, 0.6) is 0 Å². The fourth-order valence-electron chi connectivity index (χ4n) is 5.26. The Kier molecular flexibility index (Phi) is 5.13. The zero-order chi connectivity index (χ0) is 22.7. The van der Waals surface area contributed by atoms with Crippen molar-refractivity contribution in [3.63, 3.8) is 0 Å². The van der Waals surface area contributed by atoms with Crippen LogP contribution in [0.25, 0.3) is 21.5 Å². The second kappa shape index (κ2) is 8.05. The van der Waals surface area contributed by atoms with E-state index in [-0.39, 0.29) is 17.0 Å². The summed E-state index contributed by atoms with van der Waals surface area (Å²) >= 11 is 2.58. The van der Waals surface area contributed by atoms with Crippen molar-refractivity contribution in [1.82, 2.24) is 27.5 Å². The van der Waals surface area contributed by atoms with Crippen LogP contribution in [0.3, 0.4) is 0 Å². The molecule has 6 heterocycles. The van der Waals surface area contributed by atoms with Gasteiger partial charge in [0.15, 0.2) is 0 Å². The minimum atomic E-state index is -0.435. The van der Waals surface area contributed by atoms with Crippen molar-refractivity contribution in [3.05, 3.63) is 56.6 Å². The minimum Gasteiger partial charge on any atom is -0.346 e. The summed E-state index contributed by atoms with van der Waals surface area (Å²) in [5.74, 6) is 0.168. The van der Waals surface area contributed by atoms with Gasteiger partial charge in [-0.25, -0.2) is 0 Å². The molecule has 33 heavy (non-hydrogen) atoms. The van der Waals surface area contributed by atoms with Gasteiger partial charge in [-0.2, -0.15) is 22.8 Å². The lowest BCUT2D eigenvalue weighted by Gasteiger charge is -2.26. The first-order valence-corrected chi connectivity index (χ1v) is 13.3. The maximum absolute atomic E-state index is 15.0. The topological polar surface area (TPSA) is 79.6 Å². The van der Waals surface area contributed by atoms with Gasteiger partial charge in [-0.15, -0.1) is 0 Å². The van der Waals surface area contributed by atoms with Gasteiger partial charge in [0.1, 0.15) is 5.39 Å². The summed E-state index contributed by atoms with van der Waals surface area (Å²) in [4.78, 5) is 25.8. The molecule has 172 valence electrons. The highest BCUT2D eigenvalue weighted by molar-refractivity contribution is 7.97. The van der Waals surface area contributed by atoms with Crippen molar-refractivity contribution >= 4 is 45.4 Å². The fourth-order valence-corrected chi connectivity index (χ4v) is 6.63. The molecule has 2 aliphatic rings. The standard InChI is InChI=1S/C22H23FN6O2S2/c1-32-28-21(30)16-11-27-13(5-4-7-17(27)14(16)9-24-28)12-33-29-22(31)19-15(10-25-29)18-6-2-3-8-26(18)20(19)23/h9-11,13H,2-8,12H2,1H3. The Morgan fingerprint density at radius 3 is 2.64 bits per heavy atom. The molecule has 0 aromatic carbocycles. The quantitative estimate of drug-likeness (QED) is 0.440. The first-order valence-electron chi connectivity index (χ1n) is 11.2. The summed E-state index contributed by atoms with van der Waals surface area (Å²) in [6.45, 7) is 0.613. The van der Waals surface area contributed by atoms with Crippen molar-refractivity contribution in [2.24, 2.45) is 0 Å². The number of hydrogen-bond donors (Lipinski definition) is 0. The first kappa shape index (κ1) is 21.0. The maximum Gasteiger partial charge on any atom is 0.289 e. The lowest BCUT2D eigenvalue weighted by atomic mass is 10.0. The third-order valence-electron chi connectivity index (χ3n) is 6.86. The third kappa shape index (κ3) is 3.19. The zero-order valence-corrected chi connectivity index (χ0v) is 19.8. The highest BCUT2D eigenvalue weighted by Crippen LogP contribution is 2.33. The SMILES string of the molecule is CSn1ncc2c3n(cc2c1=O)C(CSn1ncc2c4n(c(F)c2c1=O)CCCC4)CCC3. The zero-order valence-electron chi connectivity index (χ0n) is 18.2. The summed E-state index contributed by atoms with van der Waals surface area (Å²) < 4.78 is 21.5. The van der Waals surface area contributed by atoms with E-state index in [0.717, 1.165) is 55.3 Å². The fraction of sp³-hybridized carbons (Fsp3) is 0.455. The van der Waals surface area contributed by atoms with Crippen LogP contribution in [0.2, 0.25) is 0 Å². The van der Waals surface area contributed by atoms with Crippen LogP contribution in [0.4, 0.5) is 4.39 Å². The number of aromatic nitrogens is 6. The maximum atomic E-state index is 15.0. The van der Waals surface area contributed by atoms with Crippen molar-refractivity contribution < 1.29 is 4.39 Å². The lowest BCUT2D eigenvalue weighted by molar-refractivity contribution is 0.440. The molecule has 1 unspecified atom stereocenters. The van der Waals surface area contributed by atoms with E-state index in [1.54, 1.807) is 17.0 Å². The molecule has 0 saturated carbocycles. The van der Waals surface area contributed by atoms with Crippen molar-refractivity contribution in [1.29, 1.82) is 0 Å². The lowest BCUT2D eigenvalue weighted by Crippen LogP contribution is -2.23. The molecule has 0 amide bonds. The molecule has 11 heteroatoms. The molecule has 0 saturated heterocycles. The summed E-state index contributed by atoms with van der Waals surface area (Å²) in [7, 11) is 0. The van der Waals surface area contributed by atoms with Gasteiger partial charge < -0.3 is 9.13 Å². The minimum absolute atomic E-state index is 0.107. The summed E-state index contributed by atoms with van der Waals surface area (Å²) in [6, 6.07) is 0.116. The first-order chi connectivity index (χ1) is 16.1. The molecule has 0 bridgehead atoms. The van der Waals surface area contributed by atoms with Gasteiger partial charge in [-0.05, 0) is 62.4 Å². The second-order valence-corrected chi connectivity index (χ2v) is 10.3. The van der Waals surface area contributed by atoms with Gasteiger partial charge in [0.25, 0.3) is 11.1 Å². The third-order valence-corrected chi connectivity index (χ3v) is 8.50. The van der Waals surface area contributed by atoms with Gasteiger partial charge in [0, 0.05) is 53.0 Å². The summed E-state index contributed by atoms with van der Waals surface area (Å²) in [5.41, 5.74) is 1.50. The van der Waals surface area contributed by atoms with E-state index in [0.29, 0.717) is 23.1 Å². The van der Waals surface area contributed by atoms with E-state index < -0.39 is 11.5 Å². The van der Waals surface area contributed by atoms with E-state index in [4.69, 9.17) is 0 Å². The molecule has 4 aromatic rings. The molecule has 0 spiro atoms. The smallest absolute Gasteiger partial charge is 0.289 e. The van der Waals surface area contributed by atoms with E-state index >= 15 is 4.39 Å². The van der Waals surface area contributed by atoms with E-state index in [2.05, 4.69) is 14.8 Å². The van der Waals surface area contributed by atoms with E-state index in [1.807, 2.05) is 12.5 Å². The van der Waals surface area contributed by atoms with Gasteiger partial charge in [-0.3, -0.25) is 9.59 Å². The Morgan fingerprint density at radius 2 is 1.79 bits per heavy atom. The van der Waals surface area contributed by atoms with Crippen molar-refractivity contribution in [2.75, 3.05) is 12.0 Å². The molecule has 1 atom stereocenters. The van der Waals surface area contributed by atoms with Gasteiger partial charge in [0.05, 0.1) is 17.8 Å². The van der Waals surface area contributed by atoms with Crippen LogP contribution < -0.4 is 11.1 Å². The average molecular weight is 487 g/mol. The Balaban J connectivity index is 1.33. The number of rotatable bonds is 4. The Hall–Kier alpha value is -2.53. The molecule has 6 rings (SSSR count). The van der Waals surface area contributed by atoms with Crippen LogP contribution in [0.1, 0.15) is 43.1 Å². The molecule has 2 aliphatic heterocycles. The summed E-state index contributed by atoms with van der Waals surface area (Å²) in [5, 5.41) is 11.0. The molecule has 0 radical (unpaired) electrons. The average Bonchev–Trinajstić information content (AvgIpc) is 3.36. The number of halogens is 1. The normalized spacial score (nSPS) is 18.1. The van der Waals surface area contributed by atoms with Gasteiger partial charge in [0.2, 0.25) is 5.95 Å². The van der Waals surface area contributed by atoms with Crippen LogP contribution >= 0.6 is 23.9 Å². The second-order valence-electron chi connectivity index (χ2n) is 8.62. The molecule has 0 N–H and O–H groups in total. The van der Waals surface area contributed by atoms with Crippen molar-refractivity contribution in [2.45, 2.75) is 51.1 Å². The van der Waals surface area contributed by atoms with Crippen LogP contribution in [-0.4, -0.2) is 39.5 Å². The Morgan fingerprint density at radius 1 is 1.00 bits per heavy atom. The highest BCUT2D eigenvalue weighted by atomic mass is 32.2. The monoisotopic (exact) mass is 486 g/mol. The Labute approximate surface area is 197 Å². The van der Waals surface area contributed by atoms with E-state index in [1.165, 1.54) is 32.1 Å². The Bertz CT molecular complexity index is 1520. The largest absolute Gasteiger partial charge is 0.346 e. The summed E-state index contributed by atoms with van der Waals surface area (Å²) in [6.07, 6.45) is 12.7. The molecular formula is C22H23FN6O2S2. The number of hydrogen-bond acceptors (Lipinski definition) is 6. The molecule has 0 fully saturated rings. The van der Waals surface area contributed by atoms with Gasteiger partial charge >= 0.3 is 0 Å². The molecule has 0 aliphatic carbocycles. The number of fused-ring (bicyclic) bond motifs is 6. The molecule has 4 aromatic heterocycles. The molecule has 8 nitrogen and oxygen atoms in total. The predicted octanol–water partition coefficient (Wildman–Crippen LogP) is 3.38. The van der Waals surface area contributed by atoms with Crippen LogP contribution in [0.15, 0.2) is 28.2 Å². The number of aryl methyl sites for hydroxylation is 2. The van der Waals surface area contributed by atoms with Gasteiger partial charge in [-0.1, -0.05) is 0 Å². The van der Waals surface area contributed by atoms with Crippen molar-refractivity contribution in [3.8, 4) is 0 Å². The number of nitrogens with zero attached hydrogens (tertiary/aromatic N) is 6. The predicted molar refractivity (Wildman–Crippen MR) is 130 cm³/mol. The van der Waals surface area contributed by atoms with Crippen LogP contribution in [0, 0.1) is 5.95 Å². The highest BCUT2D eigenvalue weighted by Gasteiger charge is 2.26. The van der Waals surface area contributed by atoms with Crippen LogP contribution in [-0.2, 0) is 19.4 Å². The van der Waals surface area contributed by atoms with E-state index in [9.17, 15) is 9.59 Å². The molecular weight excluding hydrogens is 463 g/mol.